The molecule has 3 rings (SSSR count). The fourth-order valence-corrected chi connectivity index (χ4v) is 3.80. The molecule has 1 aromatic carbocycles. The summed E-state index contributed by atoms with van der Waals surface area (Å²) in [4.78, 5) is 14.7. The molecule has 130 valence electrons. The number of nitrogens with zero attached hydrogens (tertiary/aromatic N) is 1. The first-order valence-electron chi connectivity index (χ1n) is 7.87. The SMILES string of the molecule is CCOC(=O)C1CN(Cc2ccccc2)CC12CCNC2.Cl.Cl. The molecular weight excluding hydrogens is 335 g/mol. The van der Waals surface area contributed by atoms with E-state index in [9.17, 15) is 4.79 Å². The molecule has 1 N–H and O–H groups in total. The van der Waals surface area contributed by atoms with Gasteiger partial charge in [-0.3, -0.25) is 9.69 Å². The number of hydrogen-bond acceptors (Lipinski definition) is 4. The molecule has 4 nitrogen and oxygen atoms in total. The molecule has 2 heterocycles. The fourth-order valence-electron chi connectivity index (χ4n) is 3.80. The van der Waals surface area contributed by atoms with E-state index in [-0.39, 0.29) is 42.1 Å². The molecule has 1 aromatic rings. The van der Waals surface area contributed by atoms with Crippen LogP contribution in [-0.2, 0) is 16.1 Å². The third-order valence-electron chi connectivity index (χ3n) is 4.82. The van der Waals surface area contributed by atoms with Crippen molar-refractivity contribution in [2.45, 2.75) is 19.9 Å². The average Bonchev–Trinajstić information content (AvgIpc) is 3.09. The van der Waals surface area contributed by atoms with Crippen LogP contribution in [0, 0.1) is 11.3 Å². The first-order valence-corrected chi connectivity index (χ1v) is 7.87. The summed E-state index contributed by atoms with van der Waals surface area (Å²) in [6.45, 7) is 7.01. The van der Waals surface area contributed by atoms with Gasteiger partial charge in [0.1, 0.15) is 0 Å². The van der Waals surface area contributed by atoms with Crippen LogP contribution in [-0.4, -0.2) is 43.7 Å². The zero-order chi connectivity index (χ0) is 14.7. The molecular formula is C17H26Cl2N2O2. The van der Waals surface area contributed by atoms with E-state index in [0.717, 1.165) is 39.1 Å². The molecule has 2 saturated heterocycles. The Hall–Kier alpha value is -0.810. The highest BCUT2D eigenvalue weighted by Gasteiger charge is 2.51. The van der Waals surface area contributed by atoms with Gasteiger partial charge in [-0.2, -0.15) is 0 Å². The molecule has 0 aliphatic carbocycles. The minimum absolute atomic E-state index is 0. The number of carbonyl (C=O) groups is 1. The number of benzene rings is 1. The predicted octanol–water partition coefficient (Wildman–Crippen LogP) is 2.50. The summed E-state index contributed by atoms with van der Waals surface area (Å²) < 4.78 is 5.32. The molecule has 0 saturated carbocycles. The van der Waals surface area contributed by atoms with Gasteiger partial charge >= 0.3 is 5.97 Å². The van der Waals surface area contributed by atoms with E-state index in [2.05, 4.69) is 34.5 Å². The highest BCUT2D eigenvalue weighted by Crippen LogP contribution is 2.42. The van der Waals surface area contributed by atoms with Gasteiger partial charge in [-0.1, -0.05) is 30.3 Å². The molecule has 0 bridgehead atoms. The largest absolute Gasteiger partial charge is 0.466 e. The van der Waals surface area contributed by atoms with E-state index in [1.165, 1.54) is 5.56 Å². The van der Waals surface area contributed by atoms with Gasteiger partial charge in [0.2, 0.25) is 0 Å². The maximum absolute atomic E-state index is 12.3. The second kappa shape index (κ2) is 8.88. The van der Waals surface area contributed by atoms with Crippen LogP contribution in [0.4, 0.5) is 0 Å². The molecule has 2 atom stereocenters. The molecule has 23 heavy (non-hydrogen) atoms. The van der Waals surface area contributed by atoms with Crippen molar-refractivity contribution < 1.29 is 9.53 Å². The second-order valence-corrected chi connectivity index (χ2v) is 6.25. The van der Waals surface area contributed by atoms with Crippen LogP contribution >= 0.6 is 24.8 Å². The maximum Gasteiger partial charge on any atom is 0.310 e. The lowest BCUT2D eigenvalue weighted by Crippen LogP contribution is -2.37. The standard InChI is InChI=1S/C17H24N2O2.2ClH/c1-2-21-16(20)15-11-19(10-14-6-4-3-5-7-14)13-17(15)8-9-18-12-17;;/h3-7,15,18H,2,8-13H2,1H3;2*1H. The molecule has 2 aliphatic rings. The first-order chi connectivity index (χ1) is 10.2. The Bertz CT molecular complexity index is 493. The number of esters is 1. The zero-order valence-electron chi connectivity index (χ0n) is 13.5. The summed E-state index contributed by atoms with van der Waals surface area (Å²) in [6.07, 6.45) is 1.07. The minimum Gasteiger partial charge on any atom is -0.466 e. The van der Waals surface area contributed by atoms with Crippen LogP contribution in [0.1, 0.15) is 18.9 Å². The lowest BCUT2D eigenvalue weighted by atomic mass is 9.77. The van der Waals surface area contributed by atoms with Gasteiger partial charge in [-0.05, 0) is 25.5 Å². The number of carbonyl (C=O) groups excluding carboxylic acids is 1. The molecule has 2 unspecified atom stereocenters. The average molecular weight is 361 g/mol. The lowest BCUT2D eigenvalue weighted by molar-refractivity contribution is -0.150. The molecule has 0 aromatic heterocycles. The van der Waals surface area contributed by atoms with Crippen LogP contribution in [0.5, 0.6) is 0 Å². The van der Waals surface area contributed by atoms with Crippen molar-refractivity contribution in [3.63, 3.8) is 0 Å². The Morgan fingerprint density at radius 2 is 2.09 bits per heavy atom. The smallest absolute Gasteiger partial charge is 0.310 e. The monoisotopic (exact) mass is 360 g/mol. The van der Waals surface area contributed by atoms with Gasteiger partial charge in [0.25, 0.3) is 0 Å². The van der Waals surface area contributed by atoms with Crippen molar-refractivity contribution >= 4 is 30.8 Å². The normalized spacial score (nSPS) is 26.6. The molecule has 0 amide bonds. The van der Waals surface area contributed by atoms with Crippen molar-refractivity contribution in [3.8, 4) is 0 Å². The van der Waals surface area contributed by atoms with Crippen LogP contribution in [0.3, 0.4) is 0 Å². The number of hydrogen-bond donors (Lipinski definition) is 1. The Balaban J connectivity index is 0.00000132. The van der Waals surface area contributed by atoms with Crippen molar-refractivity contribution in [3.05, 3.63) is 35.9 Å². The Morgan fingerprint density at radius 1 is 1.35 bits per heavy atom. The van der Waals surface area contributed by atoms with Gasteiger partial charge in [-0.15, -0.1) is 24.8 Å². The van der Waals surface area contributed by atoms with Crippen LogP contribution in [0.2, 0.25) is 0 Å². The third-order valence-corrected chi connectivity index (χ3v) is 4.82. The number of nitrogens with one attached hydrogen (secondary N) is 1. The van der Waals surface area contributed by atoms with E-state index in [1.807, 2.05) is 13.0 Å². The summed E-state index contributed by atoms with van der Waals surface area (Å²) in [5, 5.41) is 3.43. The van der Waals surface area contributed by atoms with Gasteiger partial charge in [-0.25, -0.2) is 0 Å². The van der Waals surface area contributed by atoms with Gasteiger partial charge < -0.3 is 10.1 Å². The first kappa shape index (κ1) is 20.2. The van der Waals surface area contributed by atoms with E-state index in [0.29, 0.717) is 6.61 Å². The summed E-state index contributed by atoms with van der Waals surface area (Å²) >= 11 is 0. The Morgan fingerprint density at radius 3 is 2.70 bits per heavy atom. The van der Waals surface area contributed by atoms with E-state index in [1.54, 1.807) is 0 Å². The molecule has 2 aliphatic heterocycles. The molecule has 2 fully saturated rings. The number of halogens is 2. The fraction of sp³-hybridized carbons (Fsp3) is 0.588. The van der Waals surface area contributed by atoms with Crippen molar-refractivity contribution in [1.29, 1.82) is 0 Å². The third kappa shape index (κ3) is 4.38. The van der Waals surface area contributed by atoms with Crippen molar-refractivity contribution in [1.82, 2.24) is 10.2 Å². The van der Waals surface area contributed by atoms with Gasteiger partial charge in [0.05, 0.1) is 12.5 Å². The Kier molecular flexibility index (Phi) is 7.81. The predicted molar refractivity (Wildman–Crippen MR) is 96.3 cm³/mol. The van der Waals surface area contributed by atoms with Crippen molar-refractivity contribution in [2.75, 3.05) is 32.8 Å². The lowest BCUT2D eigenvalue weighted by Gasteiger charge is -2.27. The highest BCUT2D eigenvalue weighted by molar-refractivity contribution is 5.85. The number of ether oxygens (including phenoxy) is 1. The molecule has 0 radical (unpaired) electrons. The number of likely N-dealkylation sites (tertiary alicyclic amines) is 1. The van der Waals surface area contributed by atoms with E-state index >= 15 is 0 Å². The quantitative estimate of drug-likeness (QED) is 0.837. The van der Waals surface area contributed by atoms with E-state index in [4.69, 9.17) is 4.74 Å². The summed E-state index contributed by atoms with van der Waals surface area (Å²) in [6, 6.07) is 10.5. The zero-order valence-corrected chi connectivity index (χ0v) is 15.1. The second-order valence-electron chi connectivity index (χ2n) is 6.25. The summed E-state index contributed by atoms with van der Waals surface area (Å²) in [5.41, 5.74) is 1.38. The number of rotatable bonds is 4. The summed E-state index contributed by atoms with van der Waals surface area (Å²) in [7, 11) is 0. The maximum atomic E-state index is 12.3. The Labute approximate surface area is 150 Å². The topological polar surface area (TPSA) is 41.6 Å². The summed E-state index contributed by atoms with van der Waals surface area (Å²) in [5.74, 6) is -0.00655. The van der Waals surface area contributed by atoms with Crippen LogP contribution in [0.25, 0.3) is 0 Å². The van der Waals surface area contributed by atoms with Gasteiger partial charge in [0.15, 0.2) is 0 Å². The van der Waals surface area contributed by atoms with Crippen molar-refractivity contribution in [2.24, 2.45) is 11.3 Å². The van der Waals surface area contributed by atoms with Crippen LogP contribution in [0.15, 0.2) is 30.3 Å². The van der Waals surface area contributed by atoms with Crippen LogP contribution < -0.4 is 5.32 Å². The highest BCUT2D eigenvalue weighted by atomic mass is 35.5. The van der Waals surface area contributed by atoms with E-state index < -0.39 is 0 Å². The molecule has 1 spiro atoms. The molecule has 6 heteroatoms. The van der Waals surface area contributed by atoms with Gasteiger partial charge in [0, 0.05) is 31.6 Å². The minimum atomic E-state index is -0.0169.